The van der Waals surface area contributed by atoms with E-state index in [0.29, 0.717) is 16.3 Å². The zero-order chi connectivity index (χ0) is 17.1. The minimum atomic E-state index is -0.320. The summed E-state index contributed by atoms with van der Waals surface area (Å²) in [5.74, 6) is -0.0209. The highest BCUT2D eigenvalue weighted by atomic mass is 35.5. The maximum absolute atomic E-state index is 12.7. The Morgan fingerprint density at radius 2 is 1.83 bits per heavy atom. The topological polar surface area (TPSA) is 74.8 Å². The largest absolute Gasteiger partial charge is 0.494 e. The molecule has 0 saturated carbocycles. The molecule has 0 aliphatic heterocycles. The van der Waals surface area contributed by atoms with Gasteiger partial charge in [-0.3, -0.25) is 14.4 Å². The summed E-state index contributed by atoms with van der Waals surface area (Å²) in [7, 11) is 0. The second kappa shape index (κ2) is 7.20. The van der Waals surface area contributed by atoms with Gasteiger partial charge < -0.3 is 10.2 Å². The molecule has 1 aromatic carbocycles. The van der Waals surface area contributed by atoms with Crippen LogP contribution in [0.4, 0.5) is 5.69 Å². The van der Waals surface area contributed by atoms with E-state index < -0.39 is 0 Å². The standard InChI is InChI=1S/C18H19ClN2O3/c19-12-5-7-13(8-6-12)20-11-16-14-3-1-2-4-15(14)17(23)21(9-10-22)18(16)24/h5-8,11,22-23H,1-4,9-10H2. The third-order valence-corrected chi connectivity index (χ3v) is 4.54. The first-order chi connectivity index (χ1) is 11.6. The van der Waals surface area contributed by atoms with E-state index in [2.05, 4.69) is 4.99 Å². The molecule has 0 saturated heterocycles. The molecular weight excluding hydrogens is 328 g/mol. The number of pyridine rings is 1. The minimum absolute atomic E-state index is 0.0209. The first-order valence-corrected chi connectivity index (χ1v) is 8.37. The highest BCUT2D eigenvalue weighted by Crippen LogP contribution is 2.29. The quantitative estimate of drug-likeness (QED) is 0.836. The van der Waals surface area contributed by atoms with Crippen LogP contribution in [0.1, 0.15) is 29.5 Å². The lowest BCUT2D eigenvalue weighted by molar-refractivity contribution is 0.262. The second-order valence-corrected chi connectivity index (χ2v) is 6.25. The molecule has 3 rings (SSSR count). The molecule has 0 atom stereocenters. The Hall–Kier alpha value is -2.11. The van der Waals surface area contributed by atoms with Crippen LogP contribution in [0, 0.1) is 0 Å². The second-order valence-electron chi connectivity index (χ2n) is 5.82. The van der Waals surface area contributed by atoms with Crippen molar-refractivity contribution in [1.29, 1.82) is 0 Å². The van der Waals surface area contributed by atoms with Crippen LogP contribution < -0.4 is 5.56 Å². The lowest BCUT2D eigenvalue weighted by atomic mass is 9.89. The zero-order valence-corrected chi connectivity index (χ0v) is 14.0. The molecule has 1 aliphatic rings. The molecule has 0 fully saturated rings. The van der Waals surface area contributed by atoms with Crippen molar-refractivity contribution >= 4 is 23.5 Å². The summed E-state index contributed by atoms with van der Waals surface area (Å²) < 4.78 is 1.23. The molecule has 0 bridgehead atoms. The molecule has 24 heavy (non-hydrogen) atoms. The number of halogens is 1. The summed E-state index contributed by atoms with van der Waals surface area (Å²) >= 11 is 5.87. The van der Waals surface area contributed by atoms with Gasteiger partial charge in [0.25, 0.3) is 5.56 Å². The summed E-state index contributed by atoms with van der Waals surface area (Å²) in [4.78, 5) is 17.1. The molecule has 0 radical (unpaired) electrons. The Kier molecular flexibility index (Phi) is 5.02. The van der Waals surface area contributed by atoms with Crippen LogP contribution in [0.2, 0.25) is 5.02 Å². The molecule has 0 amide bonds. The lowest BCUT2D eigenvalue weighted by Crippen LogP contribution is -2.29. The van der Waals surface area contributed by atoms with Crippen LogP contribution in [0.3, 0.4) is 0 Å². The number of fused-ring (bicyclic) bond motifs is 1. The first-order valence-electron chi connectivity index (χ1n) is 8.00. The molecule has 1 aliphatic carbocycles. The average molecular weight is 347 g/mol. The molecule has 6 heteroatoms. The minimum Gasteiger partial charge on any atom is -0.494 e. The number of hydrogen-bond donors (Lipinski definition) is 2. The van der Waals surface area contributed by atoms with Gasteiger partial charge in [-0.15, -0.1) is 0 Å². The normalized spacial score (nSPS) is 14.1. The van der Waals surface area contributed by atoms with Crippen molar-refractivity contribution in [2.45, 2.75) is 32.2 Å². The predicted molar refractivity (Wildman–Crippen MR) is 94.8 cm³/mol. The number of nitrogens with zero attached hydrogens (tertiary/aromatic N) is 2. The van der Waals surface area contributed by atoms with Gasteiger partial charge in [-0.05, 0) is 55.5 Å². The number of hydrogen-bond acceptors (Lipinski definition) is 4. The van der Waals surface area contributed by atoms with Crippen LogP contribution in [-0.4, -0.2) is 27.6 Å². The Morgan fingerprint density at radius 3 is 2.50 bits per heavy atom. The van der Waals surface area contributed by atoms with E-state index in [-0.39, 0.29) is 24.6 Å². The maximum Gasteiger partial charge on any atom is 0.262 e. The summed E-state index contributed by atoms with van der Waals surface area (Å²) in [6.07, 6.45) is 5.00. The fourth-order valence-electron chi connectivity index (χ4n) is 3.09. The Morgan fingerprint density at radius 1 is 1.17 bits per heavy atom. The molecule has 1 heterocycles. The van der Waals surface area contributed by atoms with Crippen molar-refractivity contribution in [2.24, 2.45) is 4.99 Å². The fraction of sp³-hybridized carbons (Fsp3) is 0.333. The van der Waals surface area contributed by atoms with E-state index in [1.807, 2.05) is 0 Å². The van der Waals surface area contributed by atoms with Crippen molar-refractivity contribution in [2.75, 3.05) is 6.61 Å². The van der Waals surface area contributed by atoms with Gasteiger partial charge >= 0.3 is 0 Å². The van der Waals surface area contributed by atoms with Crippen molar-refractivity contribution in [3.8, 4) is 5.88 Å². The van der Waals surface area contributed by atoms with E-state index >= 15 is 0 Å². The van der Waals surface area contributed by atoms with E-state index in [1.165, 1.54) is 4.57 Å². The van der Waals surface area contributed by atoms with Crippen LogP contribution in [0.25, 0.3) is 0 Å². The van der Waals surface area contributed by atoms with E-state index in [4.69, 9.17) is 11.6 Å². The van der Waals surface area contributed by atoms with Crippen LogP contribution in [0.5, 0.6) is 5.88 Å². The molecule has 2 N–H and O–H groups in total. The molecule has 0 unspecified atom stereocenters. The van der Waals surface area contributed by atoms with Crippen molar-refractivity contribution in [3.05, 3.63) is 56.3 Å². The van der Waals surface area contributed by atoms with Crippen molar-refractivity contribution in [3.63, 3.8) is 0 Å². The lowest BCUT2D eigenvalue weighted by Gasteiger charge is -2.21. The van der Waals surface area contributed by atoms with Crippen molar-refractivity contribution < 1.29 is 10.2 Å². The number of aliphatic hydroxyl groups excluding tert-OH is 1. The molecule has 2 aromatic rings. The summed E-state index contributed by atoms with van der Waals surface area (Å²) in [6.45, 7) is -0.139. The van der Waals surface area contributed by atoms with Crippen LogP contribution >= 0.6 is 11.6 Å². The number of rotatable bonds is 4. The Bertz CT molecular complexity index is 826. The number of benzene rings is 1. The Balaban J connectivity index is 2.10. The molecule has 5 nitrogen and oxygen atoms in total. The van der Waals surface area contributed by atoms with E-state index in [9.17, 15) is 15.0 Å². The maximum atomic E-state index is 12.7. The zero-order valence-electron chi connectivity index (χ0n) is 13.2. The average Bonchev–Trinajstić information content (AvgIpc) is 2.60. The molecule has 1 aromatic heterocycles. The molecule has 0 spiro atoms. The third kappa shape index (κ3) is 3.23. The number of aromatic nitrogens is 1. The van der Waals surface area contributed by atoms with Gasteiger partial charge in [0.05, 0.1) is 24.4 Å². The highest BCUT2D eigenvalue weighted by molar-refractivity contribution is 6.30. The smallest absolute Gasteiger partial charge is 0.262 e. The van der Waals surface area contributed by atoms with Gasteiger partial charge in [0.15, 0.2) is 5.88 Å². The van der Waals surface area contributed by atoms with E-state index in [0.717, 1.165) is 36.8 Å². The molecule has 126 valence electrons. The number of aromatic hydroxyl groups is 1. The number of aliphatic imine (C=N–C) groups is 1. The summed E-state index contributed by atoms with van der Waals surface area (Å²) in [5.41, 5.74) is 2.54. The van der Waals surface area contributed by atoms with Crippen LogP contribution in [-0.2, 0) is 19.4 Å². The van der Waals surface area contributed by atoms with Gasteiger partial charge in [0.2, 0.25) is 0 Å². The van der Waals surface area contributed by atoms with Gasteiger partial charge in [-0.1, -0.05) is 11.6 Å². The van der Waals surface area contributed by atoms with Crippen LogP contribution in [0.15, 0.2) is 34.1 Å². The van der Waals surface area contributed by atoms with E-state index in [1.54, 1.807) is 30.5 Å². The van der Waals surface area contributed by atoms with Gasteiger partial charge in [0, 0.05) is 16.8 Å². The van der Waals surface area contributed by atoms with Gasteiger partial charge in [-0.2, -0.15) is 0 Å². The monoisotopic (exact) mass is 346 g/mol. The predicted octanol–water partition coefficient (Wildman–Crippen LogP) is 2.83. The number of aliphatic hydroxyl groups is 1. The Labute approximate surface area is 144 Å². The summed E-state index contributed by atoms with van der Waals surface area (Å²) in [5, 5.41) is 20.2. The summed E-state index contributed by atoms with van der Waals surface area (Å²) in [6, 6.07) is 7.03. The van der Waals surface area contributed by atoms with Gasteiger partial charge in [0.1, 0.15) is 0 Å². The first kappa shape index (κ1) is 16.7. The van der Waals surface area contributed by atoms with Gasteiger partial charge in [-0.25, -0.2) is 0 Å². The SMILES string of the molecule is O=c1c(C=Nc2ccc(Cl)cc2)c2c(c(O)n1CCO)CCCC2. The fourth-order valence-corrected chi connectivity index (χ4v) is 3.22. The highest BCUT2D eigenvalue weighted by Gasteiger charge is 2.22. The van der Waals surface area contributed by atoms with Crippen molar-refractivity contribution in [1.82, 2.24) is 4.57 Å². The molecular formula is C18H19ClN2O3. The third-order valence-electron chi connectivity index (χ3n) is 4.29.